The number of aryl methyl sites for hydroxylation is 1. The Kier molecular flexibility index (Phi) is 6.17. The van der Waals surface area contributed by atoms with Gasteiger partial charge in [-0.2, -0.15) is 5.26 Å². The lowest BCUT2D eigenvalue weighted by Crippen LogP contribution is -2.42. The van der Waals surface area contributed by atoms with E-state index in [0.29, 0.717) is 50.1 Å². The van der Waals surface area contributed by atoms with Gasteiger partial charge in [-0.05, 0) is 44.4 Å². The Labute approximate surface area is 202 Å². The number of carbonyl (C=O) groups excluding carboxylic acids is 1. The van der Waals surface area contributed by atoms with Crippen molar-refractivity contribution in [3.8, 4) is 11.9 Å². The van der Waals surface area contributed by atoms with Gasteiger partial charge in [-0.1, -0.05) is 0 Å². The van der Waals surface area contributed by atoms with Crippen molar-refractivity contribution in [1.29, 1.82) is 5.26 Å². The van der Waals surface area contributed by atoms with Crippen LogP contribution in [0.5, 0.6) is 0 Å². The van der Waals surface area contributed by atoms with E-state index in [4.69, 9.17) is 4.84 Å². The molecule has 0 unspecified atom stereocenters. The molecule has 5 rings (SSSR count). The van der Waals surface area contributed by atoms with Crippen LogP contribution in [-0.4, -0.2) is 50.2 Å². The molecule has 2 saturated heterocycles. The van der Waals surface area contributed by atoms with Crippen LogP contribution in [0.4, 0.5) is 10.2 Å². The van der Waals surface area contributed by atoms with Gasteiger partial charge in [0.25, 0.3) is 0 Å². The van der Waals surface area contributed by atoms with Crippen LogP contribution in [-0.2, 0) is 9.63 Å². The molecule has 1 amide bonds. The van der Waals surface area contributed by atoms with E-state index in [9.17, 15) is 14.4 Å². The third-order valence-electron chi connectivity index (χ3n) is 6.87. The van der Waals surface area contributed by atoms with E-state index in [1.165, 1.54) is 11.1 Å². The third kappa shape index (κ3) is 4.35. The number of nitrogens with zero attached hydrogens (tertiary/aromatic N) is 7. The van der Waals surface area contributed by atoms with Crippen LogP contribution in [0.1, 0.15) is 47.8 Å². The first-order valence-corrected chi connectivity index (χ1v) is 11.7. The maximum absolute atomic E-state index is 14.4. The molecular weight excluding hydrogens is 449 g/mol. The molecule has 4 heterocycles. The number of hydrogen-bond acceptors (Lipinski definition) is 7. The molecule has 35 heavy (non-hydrogen) atoms. The summed E-state index contributed by atoms with van der Waals surface area (Å²) in [5.41, 5.74) is 1.19. The fourth-order valence-electron chi connectivity index (χ4n) is 4.79. The van der Waals surface area contributed by atoms with Crippen LogP contribution in [0.25, 0.3) is 5.82 Å². The van der Waals surface area contributed by atoms with Gasteiger partial charge in [-0.3, -0.25) is 14.2 Å². The number of aromatic nitrogens is 4. The number of piperidine rings is 1. The highest BCUT2D eigenvalue weighted by Crippen LogP contribution is 2.35. The van der Waals surface area contributed by atoms with Gasteiger partial charge in [0.1, 0.15) is 29.6 Å². The molecule has 2 fully saturated rings. The van der Waals surface area contributed by atoms with E-state index in [1.54, 1.807) is 25.5 Å². The molecule has 0 aliphatic carbocycles. The molecule has 0 N–H and O–H groups in total. The molecule has 2 aliphatic heterocycles. The summed E-state index contributed by atoms with van der Waals surface area (Å²) in [6.07, 6.45) is 7.00. The van der Waals surface area contributed by atoms with Crippen molar-refractivity contribution >= 4 is 11.7 Å². The number of carbonyl (C=O) groups is 1. The molecule has 1 aromatic carbocycles. The molecule has 0 radical (unpaired) electrons. The summed E-state index contributed by atoms with van der Waals surface area (Å²) >= 11 is 0. The normalized spacial score (nSPS) is 18.6. The number of anilines is 1. The van der Waals surface area contributed by atoms with Crippen LogP contribution in [0.2, 0.25) is 0 Å². The predicted molar refractivity (Wildman–Crippen MR) is 125 cm³/mol. The Hall–Kier alpha value is -3.84. The number of nitriles is 1. The number of benzene rings is 1. The van der Waals surface area contributed by atoms with Gasteiger partial charge >= 0.3 is 0 Å². The van der Waals surface area contributed by atoms with Gasteiger partial charge < -0.3 is 4.90 Å². The first-order valence-electron chi connectivity index (χ1n) is 11.7. The average Bonchev–Trinajstić information content (AvgIpc) is 3.55. The van der Waals surface area contributed by atoms with Crippen molar-refractivity contribution in [3.05, 3.63) is 65.3 Å². The van der Waals surface area contributed by atoms with Gasteiger partial charge in [0.2, 0.25) is 5.91 Å². The minimum atomic E-state index is -0.443. The largest absolute Gasteiger partial charge is 0.356 e. The maximum atomic E-state index is 14.4. The summed E-state index contributed by atoms with van der Waals surface area (Å²) in [7, 11) is 0. The molecule has 0 saturated carbocycles. The zero-order valence-corrected chi connectivity index (χ0v) is 19.7. The van der Waals surface area contributed by atoms with Crippen molar-refractivity contribution in [2.45, 2.75) is 39.2 Å². The topological polar surface area (TPSA) is 100 Å². The van der Waals surface area contributed by atoms with E-state index in [0.717, 1.165) is 17.5 Å². The summed E-state index contributed by atoms with van der Waals surface area (Å²) in [6.45, 7) is 5.22. The van der Waals surface area contributed by atoms with Gasteiger partial charge in [-0.25, -0.2) is 24.4 Å². The molecule has 2 aliphatic rings. The van der Waals surface area contributed by atoms with Gasteiger partial charge in [0, 0.05) is 49.5 Å². The Morgan fingerprint density at radius 2 is 1.89 bits per heavy atom. The van der Waals surface area contributed by atoms with Gasteiger partial charge in [0.05, 0.1) is 24.3 Å². The molecular formula is C25H26FN7O2. The lowest BCUT2D eigenvalue weighted by Gasteiger charge is -2.34. The van der Waals surface area contributed by atoms with E-state index < -0.39 is 11.9 Å². The van der Waals surface area contributed by atoms with E-state index in [2.05, 4.69) is 19.9 Å². The predicted octanol–water partition coefficient (Wildman–Crippen LogP) is 3.41. The van der Waals surface area contributed by atoms with Crippen LogP contribution >= 0.6 is 0 Å². The quantitative estimate of drug-likeness (QED) is 0.570. The average molecular weight is 476 g/mol. The Morgan fingerprint density at radius 1 is 1.11 bits per heavy atom. The lowest BCUT2D eigenvalue weighted by molar-refractivity contribution is -0.182. The minimum absolute atomic E-state index is 0.0935. The molecule has 1 atom stereocenters. The first-order chi connectivity index (χ1) is 17.0. The van der Waals surface area contributed by atoms with E-state index in [1.807, 2.05) is 29.8 Å². The Bertz CT molecular complexity index is 1290. The van der Waals surface area contributed by atoms with Crippen molar-refractivity contribution < 1.29 is 14.0 Å². The smallest absolute Gasteiger partial charge is 0.249 e. The zero-order chi connectivity index (χ0) is 24.5. The Morgan fingerprint density at radius 3 is 2.60 bits per heavy atom. The molecule has 9 nitrogen and oxygen atoms in total. The van der Waals surface area contributed by atoms with E-state index >= 15 is 0 Å². The third-order valence-corrected chi connectivity index (χ3v) is 6.87. The molecule has 0 bridgehead atoms. The SMILES string of the molecule is Cc1c(F)cc([C@@H]2CCON2C(=O)C2CCN(c3cc(-n4ccnc4C)ncn3)CC2)cc1C#N. The standard InChI is InChI=1S/C25H26FN7O2/c1-16-20(14-27)11-19(12-21(16)26)22-5-10-35-33(22)25(34)18-3-7-31(8-4-18)23-13-24(30-15-29-23)32-9-6-28-17(32)2/h6,9,11-13,15,18,22H,3-5,7-8,10H2,1-2H3/t22-/m0/s1. The molecule has 3 aromatic rings. The number of halogens is 1. The van der Waals surface area contributed by atoms with Crippen LogP contribution in [0, 0.1) is 36.9 Å². The summed E-state index contributed by atoms with van der Waals surface area (Å²) in [5.74, 6) is 1.66. The Balaban J connectivity index is 1.27. The second-order valence-corrected chi connectivity index (χ2v) is 8.93. The van der Waals surface area contributed by atoms with Gasteiger partial charge in [0.15, 0.2) is 0 Å². The highest BCUT2D eigenvalue weighted by molar-refractivity contribution is 5.79. The maximum Gasteiger partial charge on any atom is 0.249 e. The second-order valence-electron chi connectivity index (χ2n) is 8.93. The summed E-state index contributed by atoms with van der Waals surface area (Å²) < 4.78 is 16.3. The highest BCUT2D eigenvalue weighted by Gasteiger charge is 2.37. The number of imidazole rings is 1. The monoisotopic (exact) mass is 475 g/mol. The highest BCUT2D eigenvalue weighted by atomic mass is 19.1. The fraction of sp³-hybridized carbons (Fsp3) is 0.400. The van der Waals surface area contributed by atoms with Crippen LogP contribution in [0.15, 0.2) is 36.9 Å². The van der Waals surface area contributed by atoms with Crippen molar-refractivity contribution in [2.75, 3.05) is 24.6 Å². The second kappa shape index (κ2) is 9.43. The van der Waals surface area contributed by atoms with E-state index in [-0.39, 0.29) is 17.4 Å². The molecule has 10 heteroatoms. The van der Waals surface area contributed by atoms with Crippen LogP contribution < -0.4 is 4.90 Å². The minimum Gasteiger partial charge on any atom is -0.356 e. The fourth-order valence-corrected chi connectivity index (χ4v) is 4.79. The zero-order valence-electron chi connectivity index (χ0n) is 19.7. The first kappa shape index (κ1) is 22.9. The number of hydroxylamine groups is 2. The molecule has 0 spiro atoms. The summed E-state index contributed by atoms with van der Waals surface area (Å²) in [4.78, 5) is 34.2. The van der Waals surface area contributed by atoms with Crippen molar-refractivity contribution in [3.63, 3.8) is 0 Å². The molecule has 2 aromatic heterocycles. The number of amides is 1. The van der Waals surface area contributed by atoms with Crippen molar-refractivity contribution in [2.24, 2.45) is 5.92 Å². The van der Waals surface area contributed by atoms with Crippen molar-refractivity contribution in [1.82, 2.24) is 24.6 Å². The number of rotatable bonds is 4. The molecule has 180 valence electrons. The van der Waals surface area contributed by atoms with Gasteiger partial charge in [-0.15, -0.1) is 0 Å². The summed E-state index contributed by atoms with van der Waals surface area (Å²) in [5, 5.41) is 10.7. The lowest BCUT2D eigenvalue weighted by atomic mass is 9.94. The van der Waals surface area contributed by atoms with Crippen LogP contribution in [0.3, 0.4) is 0 Å². The number of hydrogen-bond donors (Lipinski definition) is 0. The summed E-state index contributed by atoms with van der Waals surface area (Å²) in [6, 6.07) is 6.64.